The molecule has 0 aliphatic heterocycles. The number of hydrogen-bond acceptors (Lipinski definition) is 1. The van der Waals surface area contributed by atoms with Crippen LogP contribution in [0.3, 0.4) is 0 Å². The van der Waals surface area contributed by atoms with Crippen molar-refractivity contribution in [3.63, 3.8) is 0 Å². The zero-order chi connectivity index (χ0) is 13.1. The normalized spacial score (nSPS) is 12.4. The third kappa shape index (κ3) is 3.02. The summed E-state index contributed by atoms with van der Waals surface area (Å²) in [6, 6.07) is 14.5. The van der Waals surface area contributed by atoms with Crippen molar-refractivity contribution < 1.29 is 0 Å². The van der Waals surface area contributed by atoms with Crippen molar-refractivity contribution in [2.24, 2.45) is 5.73 Å². The maximum absolute atomic E-state index is 6.31. The molecule has 0 fully saturated rings. The number of hydrogen-bond donors (Lipinski definition) is 1. The molecule has 0 aromatic heterocycles. The zero-order valence-electron chi connectivity index (χ0n) is 10.2. The molecule has 0 saturated carbocycles. The molecule has 3 heteroatoms. The van der Waals surface area contributed by atoms with Crippen LogP contribution in [-0.2, 0) is 6.42 Å². The maximum Gasteiger partial charge on any atom is 0.0562 e. The van der Waals surface area contributed by atoms with Gasteiger partial charge in [-0.1, -0.05) is 69.1 Å². The predicted molar refractivity (Wildman–Crippen MR) is 83.7 cm³/mol. The molecule has 1 atom stereocenters. The van der Waals surface area contributed by atoms with Crippen LogP contribution in [0.5, 0.6) is 0 Å². The summed E-state index contributed by atoms with van der Waals surface area (Å²) in [4.78, 5) is 0. The van der Waals surface area contributed by atoms with Gasteiger partial charge < -0.3 is 5.73 Å². The van der Waals surface area contributed by atoms with Crippen molar-refractivity contribution in [1.29, 1.82) is 0 Å². The van der Waals surface area contributed by atoms with E-state index in [0.717, 1.165) is 26.5 Å². The van der Waals surface area contributed by atoms with Crippen molar-refractivity contribution in [2.45, 2.75) is 19.4 Å². The second-order valence-electron chi connectivity index (χ2n) is 4.24. The second kappa shape index (κ2) is 6.00. The highest BCUT2D eigenvalue weighted by Crippen LogP contribution is 2.29. The van der Waals surface area contributed by atoms with Crippen LogP contribution < -0.4 is 5.73 Å². The van der Waals surface area contributed by atoms with Crippen molar-refractivity contribution in [2.75, 3.05) is 0 Å². The summed E-state index contributed by atoms with van der Waals surface area (Å²) in [5.41, 5.74) is 9.88. The predicted octanol–water partition coefficient (Wildman–Crippen LogP) is 4.82. The van der Waals surface area contributed by atoms with Gasteiger partial charge in [-0.3, -0.25) is 0 Å². The van der Waals surface area contributed by atoms with Crippen molar-refractivity contribution in [1.82, 2.24) is 0 Å². The summed E-state index contributed by atoms with van der Waals surface area (Å²) >= 11 is 7.01. The molecule has 94 valence electrons. The molecule has 1 unspecified atom stereocenters. The molecular weight excluding hydrogens is 354 g/mol. The fourth-order valence-electron chi connectivity index (χ4n) is 1.89. The summed E-state index contributed by atoms with van der Waals surface area (Å²) in [6.45, 7) is 2.15. The van der Waals surface area contributed by atoms with E-state index in [1.165, 1.54) is 5.56 Å². The molecule has 2 N–H and O–H groups in total. The Balaban J connectivity index is 2.31. The zero-order valence-corrected chi connectivity index (χ0v) is 13.3. The van der Waals surface area contributed by atoms with Gasteiger partial charge in [0.15, 0.2) is 0 Å². The molecule has 1 nitrogen and oxygen atoms in total. The van der Waals surface area contributed by atoms with Crippen LogP contribution in [0.1, 0.15) is 29.7 Å². The minimum atomic E-state index is -0.0987. The molecule has 0 bridgehead atoms. The Morgan fingerprint density at radius 2 is 1.72 bits per heavy atom. The topological polar surface area (TPSA) is 26.0 Å². The Kier molecular flexibility index (Phi) is 4.60. The molecule has 2 aromatic rings. The molecule has 2 aromatic carbocycles. The lowest BCUT2D eigenvalue weighted by Crippen LogP contribution is -2.12. The van der Waals surface area contributed by atoms with Crippen LogP contribution in [0.2, 0.25) is 0 Å². The molecule has 18 heavy (non-hydrogen) atoms. The Labute approximate surface area is 125 Å². The SMILES string of the molecule is CCc1ccc(C(N)c2ccc(Br)cc2Br)cc1. The number of nitrogens with two attached hydrogens (primary N) is 1. The highest BCUT2D eigenvalue weighted by atomic mass is 79.9. The summed E-state index contributed by atoms with van der Waals surface area (Å²) in [5, 5.41) is 0. The molecule has 0 heterocycles. The molecule has 0 spiro atoms. The Bertz CT molecular complexity index is 535. The van der Waals surface area contributed by atoms with E-state index in [-0.39, 0.29) is 6.04 Å². The van der Waals surface area contributed by atoms with E-state index in [4.69, 9.17) is 5.73 Å². The Morgan fingerprint density at radius 3 is 2.28 bits per heavy atom. The van der Waals surface area contributed by atoms with Crippen LogP contribution in [0.15, 0.2) is 51.4 Å². The van der Waals surface area contributed by atoms with Crippen LogP contribution in [-0.4, -0.2) is 0 Å². The molecular formula is C15H15Br2N. The van der Waals surface area contributed by atoms with E-state index in [9.17, 15) is 0 Å². The number of benzene rings is 2. The summed E-state index contributed by atoms with van der Waals surface area (Å²) in [5.74, 6) is 0. The Hall–Kier alpha value is -0.640. The van der Waals surface area contributed by atoms with Crippen LogP contribution in [0.4, 0.5) is 0 Å². The van der Waals surface area contributed by atoms with Gasteiger partial charge in [-0.15, -0.1) is 0 Å². The van der Waals surface area contributed by atoms with E-state index >= 15 is 0 Å². The van der Waals surface area contributed by atoms with E-state index in [0.29, 0.717) is 0 Å². The van der Waals surface area contributed by atoms with Gasteiger partial charge in [-0.2, -0.15) is 0 Å². The number of rotatable bonds is 3. The smallest absolute Gasteiger partial charge is 0.0562 e. The first-order valence-electron chi connectivity index (χ1n) is 5.91. The minimum absolute atomic E-state index is 0.0987. The van der Waals surface area contributed by atoms with Crippen molar-refractivity contribution in [3.05, 3.63) is 68.1 Å². The van der Waals surface area contributed by atoms with Gasteiger partial charge >= 0.3 is 0 Å². The van der Waals surface area contributed by atoms with Crippen molar-refractivity contribution >= 4 is 31.9 Å². The van der Waals surface area contributed by atoms with Crippen LogP contribution >= 0.6 is 31.9 Å². The molecule has 0 amide bonds. The summed E-state index contributed by atoms with van der Waals surface area (Å²) in [6.07, 6.45) is 1.05. The first-order chi connectivity index (χ1) is 8.61. The summed E-state index contributed by atoms with van der Waals surface area (Å²) in [7, 11) is 0. The lowest BCUT2D eigenvalue weighted by molar-refractivity contribution is 0.864. The van der Waals surface area contributed by atoms with Gasteiger partial charge in [0.25, 0.3) is 0 Å². The quantitative estimate of drug-likeness (QED) is 0.825. The fraction of sp³-hybridized carbons (Fsp3) is 0.200. The summed E-state index contributed by atoms with van der Waals surface area (Å²) < 4.78 is 2.08. The van der Waals surface area contributed by atoms with E-state index < -0.39 is 0 Å². The standard InChI is InChI=1S/C15H15Br2N/c1-2-10-3-5-11(6-4-10)15(18)13-8-7-12(16)9-14(13)17/h3-9,15H,2,18H2,1H3. The minimum Gasteiger partial charge on any atom is -0.320 e. The van der Waals surface area contributed by atoms with Gasteiger partial charge in [0.05, 0.1) is 6.04 Å². The third-order valence-corrected chi connectivity index (χ3v) is 4.22. The van der Waals surface area contributed by atoms with E-state index in [2.05, 4.69) is 63.0 Å². The molecule has 0 saturated heterocycles. The van der Waals surface area contributed by atoms with E-state index in [1.54, 1.807) is 0 Å². The van der Waals surface area contributed by atoms with Gasteiger partial charge in [0.1, 0.15) is 0 Å². The first kappa shape index (κ1) is 13.8. The molecule has 0 radical (unpaired) electrons. The first-order valence-corrected chi connectivity index (χ1v) is 7.49. The second-order valence-corrected chi connectivity index (χ2v) is 6.01. The van der Waals surface area contributed by atoms with Crippen LogP contribution in [0.25, 0.3) is 0 Å². The lowest BCUT2D eigenvalue weighted by atomic mass is 9.98. The number of halogens is 2. The van der Waals surface area contributed by atoms with E-state index in [1.807, 2.05) is 18.2 Å². The molecule has 2 rings (SSSR count). The number of aryl methyl sites for hydroxylation is 1. The fourth-order valence-corrected chi connectivity index (χ4v) is 3.19. The van der Waals surface area contributed by atoms with Gasteiger partial charge in [0, 0.05) is 8.95 Å². The molecule has 0 aliphatic carbocycles. The largest absolute Gasteiger partial charge is 0.320 e. The van der Waals surface area contributed by atoms with Gasteiger partial charge in [0.2, 0.25) is 0 Å². The molecule has 0 aliphatic rings. The van der Waals surface area contributed by atoms with Gasteiger partial charge in [-0.05, 0) is 35.2 Å². The van der Waals surface area contributed by atoms with Crippen molar-refractivity contribution in [3.8, 4) is 0 Å². The lowest BCUT2D eigenvalue weighted by Gasteiger charge is -2.15. The third-order valence-electron chi connectivity index (χ3n) is 3.04. The maximum atomic E-state index is 6.31. The average molecular weight is 369 g/mol. The average Bonchev–Trinajstić information content (AvgIpc) is 2.38. The van der Waals surface area contributed by atoms with Crippen LogP contribution in [0, 0.1) is 0 Å². The Morgan fingerprint density at radius 1 is 1.06 bits per heavy atom. The highest BCUT2D eigenvalue weighted by Gasteiger charge is 2.12. The monoisotopic (exact) mass is 367 g/mol. The highest BCUT2D eigenvalue weighted by molar-refractivity contribution is 9.11. The van der Waals surface area contributed by atoms with Gasteiger partial charge in [-0.25, -0.2) is 0 Å².